The quantitative estimate of drug-likeness (QED) is 0.692. The van der Waals surface area contributed by atoms with Crippen molar-refractivity contribution < 1.29 is 14.3 Å². The molecule has 0 unspecified atom stereocenters. The number of aliphatic carboxylic acids is 1. The molecular formula is C9H11FN2O4. The maximum absolute atomic E-state index is 12.8. The van der Waals surface area contributed by atoms with Crippen LogP contribution in [0.5, 0.6) is 0 Å². The molecule has 0 saturated heterocycles. The summed E-state index contributed by atoms with van der Waals surface area (Å²) in [6.07, 6.45) is 1.33. The molecule has 1 aromatic heterocycles. The second-order valence-electron chi connectivity index (χ2n) is 3.25. The number of carbonyl (C=O) groups is 1. The number of hydrogen-bond donors (Lipinski definition) is 2. The number of halogens is 1. The molecule has 0 saturated carbocycles. The third kappa shape index (κ3) is 3.04. The first-order valence-electron chi connectivity index (χ1n) is 4.72. The summed E-state index contributed by atoms with van der Waals surface area (Å²) < 4.78 is 13.5. The van der Waals surface area contributed by atoms with Gasteiger partial charge in [-0.3, -0.25) is 14.2 Å². The van der Waals surface area contributed by atoms with Gasteiger partial charge in [0.2, 0.25) is 5.82 Å². The molecule has 16 heavy (non-hydrogen) atoms. The molecule has 1 heterocycles. The molecule has 6 nitrogen and oxygen atoms in total. The molecule has 0 amide bonds. The molecule has 0 aromatic carbocycles. The van der Waals surface area contributed by atoms with Crippen LogP contribution >= 0.6 is 0 Å². The molecule has 0 spiro atoms. The molecule has 0 aliphatic heterocycles. The van der Waals surface area contributed by atoms with Crippen molar-refractivity contribution in [3.63, 3.8) is 0 Å². The third-order valence-electron chi connectivity index (χ3n) is 2.04. The average Bonchev–Trinajstić information content (AvgIpc) is 2.22. The van der Waals surface area contributed by atoms with E-state index >= 15 is 0 Å². The molecule has 7 heteroatoms. The van der Waals surface area contributed by atoms with Gasteiger partial charge in [-0.15, -0.1) is 0 Å². The number of aromatic nitrogens is 2. The molecule has 0 fully saturated rings. The minimum absolute atomic E-state index is 0.0131. The van der Waals surface area contributed by atoms with Gasteiger partial charge >= 0.3 is 11.7 Å². The summed E-state index contributed by atoms with van der Waals surface area (Å²) in [6.45, 7) is 0.0131. The highest BCUT2D eigenvalue weighted by Gasteiger charge is 2.06. The van der Waals surface area contributed by atoms with Gasteiger partial charge < -0.3 is 10.1 Å². The van der Waals surface area contributed by atoms with Gasteiger partial charge in [-0.1, -0.05) is 0 Å². The summed E-state index contributed by atoms with van der Waals surface area (Å²) in [7, 11) is 0. The lowest BCUT2D eigenvalue weighted by Gasteiger charge is -2.02. The van der Waals surface area contributed by atoms with Gasteiger partial charge in [0.1, 0.15) is 0 Å². The molecule has 2 N–H and O–H groups in total. The first-order chi connectivity index (χ1) is 7.52. The molecule has 0 aliphatic rings. The van der Waals surface area contributed by atoms with E-state index in [4.69, 9.17) is 5.11 Å². The predicted molar refractivity (Wildman–Crippen MR) is 52.8 cm³/mol. The Morgan fingerprint density at radius 2 is 2.12 bits per heavy atom. The fourth-order valence-corrected chi connectivity index (χ4v) is 1.24. The Morgan fingerprint density at radius 3 is 2.75 bits per heavy atom. The van der Waals surface area contributed by atoms with Crippen LogP contribution in [-0.4, -0.2) is 20.6 Å². The van der Waals surface area contributed by atoms with Crippen LogP contribution in [0, 0.1) is 5.82 Å². The van der Waals surface area contributed by atoms with Crippen molar-refractivity contribution in [1.82, 2.24) is 9.55 Å². The molecule has 0 aliphatic carbocycles. The summed E-state index contributed by atoms with van der Waals surface area (Å²) in [4.78, 5) is 34.6. The number of rotatable bonds is 5. The minimum Gasteiger partial charge on any atom is -0.481 e. The van der Waals surface area contributed by atoms with Crippen LogP contribution < -0.4 is 11.2 Å². The average molecular weight is 230 g/mol. The van der Waals surface area contributed by atoms with Crippen molar-refractivity contribution >= 4 is 5.97 Å². The number of nitrogens with one attached hydrogen (secondary N) is 1. The van der Waals surface area contributed by atoms with Crippen molar-refractivity contribution in [2.75, 3.05) is 0 Å². The molecular weight excluding hydrogens is 219 g/mol. The summed E-state index contributed by atoms with van der Waals surface area (Å²) in [5.74, 6) is -1.97. The Balaban J connectivity index is 2.67. The van der Waals surface area contributed by atoms with Gasteiger partial charge in [0.15, 0.2) is 0 Å². The lowest BCUT2D eigenvalue weighted by Crippen LogP contribution is -2.36. The van der Waals surface area contributed by atoms with Crippen molar-refractivity contribution in [1.29, 1.82) is 0 Å². The monoisotopic (exact) mass is 230 g/mol. The second-order valence-corrected chi connectivity index (χ2v) is 3.25. The summed E-state index contributed by atoms with van der Waals surface area (Å²) >= 11 is 0. The van der Waals surface area contributed by atoms with Gasteiger partial charge in [0.25, 0.3) is 5.56 Å². The number of hydrogen-bond acceptors (Lipinski definition) is 3. The van der Waals surface area contributed by atoms with Crippen LogP contribution in [-0.2, 0) is 11.3 Å². The zero-order chi connectivity index (χ0) is 12.1. The highest BCUT2D eigenvalue weighted by Crippen LogP contribution is 1.96. The Morgan fingerprint density at radius 1 is 1.44 bits per heavy atom. The van der Waals surface area contributed by atoms with E-state index in [0.29, 0.717) is 19.0 Å². The number of nitrogens with zero attached hydrogens (tertiary/aromatic N) is 1. The molecule has 0 radical (unpaired) electrons. The van der Waals surface area contributed by atoms with Gasteiger partial charge in [-0.05, 0) is 12.8 Å². The standard InChI is InChI=1S/C9H11FN2O4/c10-6-5-11-9(16)12(8(6)15)4-2-1-3-7(13)14/h5H,1-4H2,(H,11,16)(H,13,14). The Hall–Kier alpha value is -1.92. The van der Waals surface area contributed by atoms with Crippen LogP contribution in [0.1, 0.15) is 19.3 Å². The van der Waals surface area contributed by atoms with Crippen LogP contribution in [0.15, 0.2) is 15.8 Å². The number of carboxylic acids is 1. The fourth-order valence-electron chi connectivity index (χ4n) is 1.24. The summed E-state index contributed by atoms with van der Waals surface area (Å²) in [5, 5.41) is 8.37. The van der Waals surface area contributed by atoms with Gasteiger partial charge in [0.05, 0.1) is 0 Å². The maximum Gasteiger partial charge on any atom is 0.328 e. The Bertz CT molecular complexity index is 491. The Kier molecular flexibility index (Phi) is 3.98. The van der Waals surface area contributed by atoms with E-state index in [0.717, 1.165) is 4.57 Å². The predicted octanol–water partition coefficient (Wildman–Crippen LogP) is -0.0694. The van der Waals surface area contributed by atoms with Crippen LogP contribution in [0.25, 0.3) is 0 Å². The van der Waals surface area contributed by atoms with E-state index in [1.165, 1.54) is 0 Å². The number of unbranched alkanes of at least 4 members (excludes halogenated alkanes) is 1. The zero-order valence-electron chi connectivity index (χ0n) is 8.40. The van der Waals surface area contributed by atoms with Crippen LogP contribution in [0.4, 0.5) is 4.39 Å². The highest BCUT2D eigenvalue weighted by atomic mass is 19.1. The van der Waals surface area contributed by atoms with E-state index in [2.05, 4.69) is 4.98 Å². The number of H-pyrrole nitrogens is 1. The van der Waals surface area contributed by atoms with E-state index < -0.39 is 23.0 Å². The van der Waals surface area contributed by atoms with E-state index in [1.54, 1.807) is 0 Å². The van der Waals surface area contributed by atoms with Crippen molar-refractivity contribution in [3.05, 3.63) is 32.9 Å². The molecule has 88 valence electrons. The largest absolute Gasteiger partial charge is 0.481 e. The SMILES string of the molecule is O=C(O)CCCCn1c(=O)[nH]cc(F)c1=O. The fraction of sp³-hybridized carbons (Fsp3) is 0.444. The van der Waals surface area contributed by atoms with Gasteiger partial charge in [0, 0.05) is 19.2 Å². The van der Waals surface area contributed by atoms with Crippen LogP contribution in [0.2, 0.25) is 0 Å². The highest BCUT2D eigenvalue weighted by molar-refractivity contribution is 5.66. The van der Waals surface area contributed by atoms with Crippen LogP contribution in [0.3, 0.4) is 0 Å². The van der Waals surface area contributed by atoms with Crippen molar-refractivity contribution in [2.24, 2.45) is 0 Å². The second kappa shape index (κ2) is 5.24. The minimum atomic E-state index is -1.03. The molecule has 0 atom stereocenters. The molecule has 1 rings (SSSR count). The smallest absolute Gasteiger partial charge is 0.328 e. The van der Waals surface area contributed by atoms with Gasteiger partial charge in [-0.25, -0.2) is 4.79 Å². The lowest BCUT2D eigenvalue weighted by atomic mass is 10.2. The first-order valence-corrected chi connectivity index (χ1v) is 4.72. The van der Waals surface area contributed by atoms with E-state index in [9.17, 15) is 18.8 Å². The Labute approximate surface area is 89.3 Å². The third-order valence-corrected chi connectivity index (χ3v) is 2.04. The van der Waals surface area contributed by atoms with Gasteiger partial charge in [-0.2, -0.15) is 4.39 Å². The first kappa shape index (κ1) is 12.2. The van der Waals surface area contributed by atoms with Crippen molar-refractivity contribution in [2.45, 2.75) is 25.8 Å². The lowest BCUT2D eigenvalue weighted by molar-refractivity contribution is -0.137. The number of carboxylic acid groups (broad SMARTS) is 1. The maximum atomic E-state index is 12.8. The summed E-state index contributed by atoms with van der Waals surface area (Å²) in [6, 6.07) is 0. The molecule has 1 aromatic rings. The molecule has 0 bridgehead atoms. The van der Waals surface area contributed by atoms with E-state index in [1.807, 2.05) is 0 Å². The zero-order valence-corrected chi connectivity index (χ0v) is 8.40. The summed E-state index contributed by atoms with van der Waals surface area (Å²) in [5.41, 5.74) is -1.68. The normalized spacial score (nSPS) is 10.3. The number of aromatic amines is 1. The van der Waals surface area contributed by atoms with Crippen molar-refractivity contribution in [3.8, 4) is 0 Å². The van der Waals surface area contributed by atoms with E-state index in [-0.39, 0.29) is 13.0 Å². The topological polar surface area (TPSA) is 92.2 Å².